The molecule has 0 heterocycles. The predicted molar refractivity (Wildman–Crippen MR) is 78.8 cm³/mol. The second-order valence-electron chi connectivity index (χ2n) is 4.70. The highest BCUT2D eigenvalue weighted by molar-refractivity contribution is 5.88. The van der Waals surface area contributed by atoms with Crippen molar-refractivity contribution >= 4 is 11.8 Å². The van der Waals surface area contributed by atoms with Crippen molar-refractivity contribution in [2.24, 2.45) is 5.92 Å². The van der Waals surface area contributed by atoms with E-state index in [1.807, 2.05) is 30.3 Å². The second-order valence-corrected chi connectivity index (χ2v) is 4.70. The van der Waals surface area contributed by atoms with Gasteiger partial charge < -0.3 is 10.6 Å². The highest BCUT2D eigenvalue weighted by Gasteiger charge is 2.19. The Balaban J connectivity index is 2.69. The molecule has 4 heteroatoms. The molecule has 1 aromatic rings. The lowest BCUT2D eigenvalue weighted by molar-refractivity contribution is -0.130. The molecular formula is C16H20N2O2. The van der Waals surface area contributed by atoms with E-state index in [2.05, 4.69) is 22.5 Å². The monoisotopic (exact) mass is 272 g/mol. The van der Waals surface area contributed by atoms with Crippen molar-refractivity contribution in [1.82, 2.24) is 10.6 Å². The molecule has 0 aliphatic heterocycles. The molecule has 0 radical (unpaired) electrons. The van der Waals surface area contributed by atoms with Crippen LogP contribution < -0.4 is 10.6 Å². The Morgan fingerprint density at radius 3 is 2.35 bits per heavy atom. The smallest absolute Gasteiger partial charge is 0.243 e. The molecular weight excluding hydrogens is 252 g/mol. The minimum atomic E-state index is -0.619. The molecule has 0 spiro atoms. The van der Waals surface area contributed by atoms with Crippen LogP contribution in [0.1, 0.15) is 25.8 Å². The van der Waals surface area contributed by atoms with Gasteiger partial charge in [0.05, 0.1) is 0 Å². The molecule has 106 valence electrons. The zero-order valence-electron chi connectivity index (χ0n) is 12.1. The number of nitrogens with one attached hydrogen (secondary N) is 2. The van der Waals surface area contributed by atoms with E-state index in [0.29, 0.717) is 0 Å². The molecule has 1 atom stereocenters. The lowest BCUT2D eigenvalue weighted by Gasteiger charge is -2.16. The fourth-order valence-electron chi connectivity index (χ4n) is 1.50. The molecule has 4 nitrogen and oxygen atoms in total. The summed E-state index contributed by atoms with van der Waals surface area (Å²) in [6.45, 7) is 3.57. The van der Waals surface area contributed by atoms with Crippen molar-refractivity contribution < 1.29 is 9.59 Å². The van der Waals surface area contributed by atoms with Crippen LogP contribution in [-0.2, 0) is 9.59 Å². The van der Waals surface area contributed by atoms with Gasteiger partial charge in [-0.15, -0.1) is 0 Å². The number of hydrogen-bond acceptors (Lipinski definition) is 2. The molecule has 20 heavy (non-hydrogen) atoms. The topological polar surface area (TPSA) is 58.2 Å². The molecule has 0 aliphatic carbocycles. The van der Waals surface area contributed by atoms with Crippen LogP contribution in [0.5, 0.6) is 0 Å². The van der Waals surface area contributed by atoms with Crippen LogP contribution in [0.15, 0.2) is 30.3 Å². The fourth-order valence-corrected chi connectivity index (χ4v) is 1.50. The molecule has 0 saturated heterocycles. The van der Waals surface area contributed by atoms with Crippen molar-refractivity contribution in [3.05, 3.63) is 35.9 Å². The quantitative estimate of drug-likeness (QED) is 0.812. The summed E-state index contributed by atoms with van der Waals surface area (Å²) in [5.74, 6) is 5.36. The molecule has 2 amide bonds. The van der Waals surface area contributed by atoms with Crippen molar-refractivity contribution in [2.75, 3.05) is 7.05 Å². The van der Waals surface area contributed by atoms with Crippen LogP contribution in [0, 0.1) is 17.8 Å². The maximum atomic E-state index is 11.7. The van der Waals surface area contributed by atoms with Gasteiger partial charge in [0.15, 0.2) is 0 Å². The summed E-state index contributed by atoms with van der Waals surface area (Å²) in [5.41, 5.74) is 0.887. The summed E-state index contributed by atoms with van der Waals surface area (Å²) >= 11 is 0. The summed E-state index contributed by atoms with van der Waals surface area (Å²) in [4.78, 5) is 23.4. The lowest BCUT2D eigenvalue weighted by Crippen LogP contribution is -2.46. The van der Waals surface area contributed by atoms with Crippen molar-refractivity contribution in [3.63, 3.8) is 0 Å². The van der Waals surface area contributed by atoms with Crippen LogP contribution >= 0.6 is 0 Å². The largest absolute Gasteiger partial charge is 0.357 e. The summed E-state index contributed by atoms with van der Waals surface area (Å²) in [7, 11) is 1.54. The summed E-state index contributed by atoms with van der Waals surface area (Å²) in [6.07, 6.45) is 0.285. The molecule has 1 aromatic carbocycles. The first-order chi connectivity index (χ1) is 9.54. The van der Waals surface area contributed by atoms with E-state index >= 15 is 0 Å². The van der Waals surface area contributed by atoms with E-state index in [1.54, 1.807) is 20.9 Å². The normalized spacial score (nSPS) is 11.2. The zero-order chi connectivity index (χ0) is 15.0. The van der Waals surface area contributed by atoms with E-state index in [1.165, 1.54) is 0 Å². The van der Waals surface area contributed by atoms with Gasteiger partial charge in [-0.3, -0.25) is 9.59 Å². The predicted octanol–water partition coefficient (Wildman–Crippen LogP) is 1.31. The highest BCUT2D eigenvalue weighted by atomic mass is 16.2. The van der Waals surface area contributed by atoms with E-state index in [-0.39, 0.29) is 24.2 Å². The minimum Gasteiger partial charge on any atom is -0.357 e. The molecule has 0 aromatic heterocycles. The van der Waals surface area contributed by atoms with Crippen LogP contribution in [-0.4, -0.2) is 24.9 Å². The van der Waals surface area contributed by atoms with Gasteiger partial charge in [0, 0.05) is 24.9 Å². The fraction of sp³-hybridized carbons (Fsp3) is 0.375. The van der Waals surface area contributed by atoms with Gasteiger partial charge in [-0.1, -0.05) is 43.9 Å². The Kier molecular flexibility index (Phi) is 6.31. The van der Waals surface area contributed by atoms with Gasteiger partial charge >= 0.3 is 0 Å². The van der Waals surface area contributed by atoms with Crippen molar-refractivity contribution in [2.45, 2.75) is 26.3 Å². The second kappa shape index (κ2) is 8.00. The van der Waals surface area contributed by atoms with Crippen LogP contribution in [0.3, 0.4) is 0 Å². The third-order valence-corrected chi connectivity index (χ3v) is 2.72. The average molecular weight is 272 g/mol. The Hall–Kier alpha value is -2.28. The van der Waals surface area contributed by atoms with E-state index < -0.39 is 6.04 Å². The number of likely N-dealkylation sites (N-methyl/N-ethyl adjacent to an activating group) is 1. The Bertz CT molecular complexity index is 512. The van der Waals surface area contributed by atoms with Crippen LogP contribution in [0.4, 0.5) is 0 Å². The Labute approximate surface area is 120 Å². The van der Waals surface area contributed by atoms with Gasteiger partial charge in [-0.2, -0.15) is 0 Å². The van der Waals surface area contributed by atoms with Crippen LogP contribution in [0.2, 0.25) is 0 Å². The molecule has 0 aliphatic rings. The number of carbonyl (C=O) groups excluding carboxylic acids is 2. The van der Waals surface area contributed by atoms with Gasteiger partial charge in [0.2, 0.25) is 11.8 Å². The minimum absolute atomic E-state index is 0.153. The Morgan fingerprint density at radius 2 is 1.80 bits per heavy atom. The summed E-state index contributed by atoms with van der Waals surface area (Å²) in [5, 5.41) is 5.24. The molecule has 1 unspecified atom stereocenters. The SMILES string of the molecule is CNC(=O)C(CC#Cc1ccccc1)NC(=O)C(C)C. The third-order valence-electron chi connectivity index (χ3n) is 2.72. The maximum Gasteiger partial charge on any atom is 0.243 e. The first kappa shape index (κ1) is 15.8. The van der Waals surface area contributed by atoms with Gasteiger partial charge in [-0.25, -0.2) is 0 Å². The molecule has 1 rings (SSSR count). The van der Waals surface area contributed by atoms with Gasteiger partial charge in [0.1, 0.15) is 6.04 Å². The number of rotatable bonds is 4. The summed E-state index contributed by atoms with van der Waals surface area (Å²) < 4.78 is 0. The Morgan fingerprint density at radius 1 is 1.15 bits per heavy atom. The molecule has 2 N–H and O–H groups in total. The third kappa shape index (κ3) is 5.15. The van der Waals surface area contributed by atoms with Gasteiger partial charge in [0.25, 0.3) is 0 Å². The first-order valence-corrected chi connectivity index (χ1v) is 6.60. The number of benzene rings is 1. The zero-order valence-corrected chi connectivity index (χ0v) is 12.1. The number of amides is 2. The lowest BCUT2D eigenvalue weighted by atomic mass is 10.1. The molecule has 0 bridgehead atoms. The number of hydrogen-bond donors (Lipinski definition) is 2. The van der Waals surface area contributed by atoms with E-state index in [0.717, 1.165) is 5.56 Å². The first-order valence-electron chi connectivity index (χ1n) is 6.60. The van der Waals surface area contributed by atoms with Crippen LogP contribution in [0.25, 0.3) is 0 Å². The molecule has 0 fully saturated rings. The maximum absolute atomic E-state index is 11.7. The van der Waals surface area contributed by atoms with E-state index in [9.17, 15) is 9.59 Å². The van der Waals surface area contributed by atoms with Gasteiger partial charge in [-0.05, 0) is 12.1 Å². The summed E-state index contributed by atoms with van der Waals surface area (Å²) in [6, 6.07) is 8.90. The van der Waals surface area contributed by atoms with Crippen molar-refractivity contribution in [3.8, 4) is 11.8 Å². The molecule has 0 saturated carbocycles. The average Bonchev–Trinajstić information content (AvgIpc) is 2.46. The standard InChI is InChI=1S/C16H20N2O2/c1-12(2)15(19)18-14(16(20)17-3)11-7-10-13-8-5-4-6-9-13/h4-6,8-9,12,14H,11H2,1-3H3,(H,17,20)(H,18,19). The highest BCUT2D eigenvalue weighted by Crippen LogP contribution is 1.99. The number of carbonyl (C=O) groups is 2. The van der Waals surface area contributed by atoms with E-state index in [4.69, 9.17) is 0 Å². The van der Waals surface area contributed by atoms with Crippen molar-refractivity contribution in [1.29, 1.82) is 0 Å².